The van der Waals surface area contributed by atoms with Gasteiger partial charge in [0.25, 0.3) is 0 Å². The van der Waals surface area contributed by atoms with Gasteiger partial charge in [-0.15, -0.1) is 0 Å². The van der Waals surface area contributed by atoms with Crippen LogP contribution in [0.3, 0.4) is 0 Å². The summed E-state index contributed by atoms with van der Waals surface area (Å²) in [5, 5.41) is 0.683. The lowest BCUT2D eigenvalue weighted by atomic mass is 10.3. The van der Waals surface area contributed by atoms with Gasteiger partial charge in [-0.3, -0.25) is 0 Å². The normalized spacial score (nSPS) is 10.3. The molecule has 2 N–H and O–H groups in total. The lowest BCUT2D eigenvalue weighted by Gasteiger charge is -2.11. The second kappa shape index (κ2) is 6.63. The molecule has 0 aliphatic rings. The minimum atomic E-state index is 0.176. The van der Waals surface area contributed by atoms with Crippen LogP contribution in [-0.4, -0.2) is 16.6 Å². The van der Waals surface area contributed by atoms with Crippen LogP contribution in [0.2, 0.25) is 10.0 Å². The van der Waals surface area contributed by atoms with E-state index in [2.05, 4.69) is 9.97 Å². The molecule has 0 fully saturated rings. The highest BCUT2D eigenvalue weighted by atomic mass is 35.5. The SMILES string of the molecule is CCCOc1ncnc(Oc2cccc(Cl)c2Cl)c1N. The number of benzene rings is 1. The van der Waals surface area contributed by atoms with Crippen molar-refractivity contribution in [2.75, 3.05) is 12.3 Å². The minimum absolute atomic E-state index is 0.176. The maximum absolute atomic E-state index is 6.05. The lowest BCUT2D eigenvalue weighted by Crippen LogP contribution is -2.04. The minimum Gasteiger partial charge on any atom is -0.476 e. The Kier molecular flexibility index (Phi) is 4.87. The van der Waals surface area contributed by atoms with E-state index >= 15 is 0 Å². The van der Waals surface area contributed by atoms with Gasteiger partial charge in [-0.05, 0) is 18.6 Å². The molecule has 0 spiro atoms. The zero-order chi connectivity index (χ0) is 14.5. The molecule has 0 unspecified atom stereocenters. The summed E-state index contributed by atoms with van der Waals surface area (Å²) in [6.45, 7) is 2.50. The van der Waals surface area contributed by atoms with Gasteiger partial charge in [0.05, 0.1) is 11.6 Å². The summed E-state index contributed by atoms with van der Waals surface area (Å²) in [7, 11) is 0. The third-order valence-electron chi connectivity index (χ3n) is 2.38. The van der Waals surface area contributed by atoms with Crippen molar-refractivity contribution in [1.82, 2.24) is 9.97 Å². The highest BCUT2D eigenvalue weighted by Gasteiger charge is 2.13. The molecule has 1 heterocycles. The molecule has 2 rings (SSSR count). The molecule has 106 valence electrons. The predicted octanol–water partition coefficient (Wildman–Crippen LogP) is 3.95. The van der Waals surface area contributed by atoms with Crippen LogP contribution >= 0.6 is 23.2 Å². The quantitative estimate of drug-likeness (QED) is 0.905. The Morgan fingerprint density at radius 2 is 1.95 bits per heavy atom. The van der Waals surface area contributed by atoms with Gasteiger partial charge in [-0.1, -0.05) is 36.2 Å². The molecular formula is C13H13Cl2N3O2. The highest BCUT2D eigenvalue weighted by molar-refractivity contribution is 6.42. The maximum Gasteiger partial charge on any atom is 0.249 e. The van der Waals surface area contributed by atoms with Crippen molar-refractivity contribution in [2.45, 2.75) is 13.3 Å². The third kappa shape index (κ3) is 3.23. The number of anilines is 1. The molecule has 2 aromatic rings. The van der Waals surface area contributed by atoms with E-state index in [4.69, 9.17) is 38.4 Å². The predicted molar refractivity (Wildman–Crippen MR) is 78.8 cm³/mol. The van der Waals surface area contributed by atoms with Gasteiger partial charge in [-0.2, -0.15) is 9.97 Å². The van der Waals surface area contributed by atoms with E-state index in [1.54, 1.807) is 18.2 Å². The Bertz CT molecular complexity index is 608. The van der Waals surface area contributed by atoms with Crippen molar-refractivity contribution < 1.29 is 9.47 Å². The zero-order valence-corrected chi connectivity index (χ0v) is 12.3. The molecule has 0 atom stereocenters. The van der Waals surface area contributed by atoms with E-state index < -0.39 is 0 Å². The Labute approximate surface area is 126 Å². The summed E-state index contributed by atoms with van der Waals surface area (Å²) < 4.78 is 11.0. The molecule has 1 aromatic heterocycles. The van der Waals surface area contributed by atoms with Gasteiger partial charge < -0.3 is 15.2 Å². The molecule has 0 amide bonds. The Balaban J connectivity index is 2.27. The van der Waals surface area contributed by atoms with Gasteiger partial charge in [0, 0.05) is 0 Å². The van der Waals surface area contributed by atoms with Crippen LogP contribution in [0.4, 0.5) is 5.69 Å². The first-order valence-electron chi connectivity index (χ1n) is 5.98. The van der Waals surface area contributed by atoms with Gasteiger partial charge >= 0.3 is 0 Å². The standard InChI is InChI=1S/C13H13Cl2N3O2/c1-2-6-19-12-11(16)13(18-7-17-12)20-9-5-3-4-8(14)10(9)15/h3-5,7H,2,6,16H2,1H3. The van der Waals surface area contributed by atoms with E-state index in [0.29, 0.717) is 22.4 Å². The van der Waals surface area contributed by atoms with Crippen LogP contribution in [0.5, 0.6) is 17.5 Å². The van der Waals surface area contributed by atoms with Gasteiger partial charge in [0.15, 0.2) is 5.69 Å². The number of nitrogen functional groups attached to an aromatic ring is 1. The average Bonchev–Trinajstić information content (AvgIpc) is 2.44. The number of hydrogen-bond donors (Lipinski definition) is 1. The van der Waals surface area contributed by atoms with Crippen LogP contribution in [-0.2, 0) is 0 Å². The van der Waals surface area contributed by atoms with Crippen LogP contribution in [0.25, 0.3) is 0 Å². The second-order valence-electron chi connectivity index (χ2n) is 3.90. The molecule has 20 heavy (non-hydrogen) atoms. The Hall–Kier alpha value is -1.72. The van der Waals surface area contributed by atoms with Crippen molar-refractivity contribution in [3.8, 4) is 17.5 Å². The maximum atomic E-state index is 6.05. The summed E-state index contributed by atoms with van der Waals surface area (Å²) in [4.78, 5) is 7.93. The molecule has 5 nitrogen and oxygen atoms in total. The van der Waals surface area contributed by atoms with Crippen LogP contribution in [0, 0.1) is 0 Å². The first-order chi connectivity index (χ1) is 9.63. The summed E-state index contributed by atoms with van der Waals surface area (Å²) in [5.41, 5.74) is 6.13. The van der Waals surface area contributed by atoms with Crippen molar-refractivity contribution in [2.24, 2.45) is 0 Å². The molecule has 7 heteroatoms. The lowest BCUT2D eigenvalue weighted by molar-refractivity contribution is 0.304. The molecule has 0 saturated carbocycles. The summed E-state index contributed by atoms with van der Waals surface area (Å²) in [6, 6.07) is 5.05. The summed E-state index contributed by atoms with van der Waals surface area (Å²) in [6.07, 6.45) is 2.16. The molecule has 0 radical (unpaired) electrons. The number of aromatic nitrogens is 2. The number of rotatable bonds is 5. The van der Waals surface area contributed by atoms with E-state index in [1.165, 1.54) is 6.33 Å². The highest BCUT2D eigenvalue weighted by Crippen LogP contribution is 2.37. The number of nitrogens with two attached hydrogens (primary N) is 1. The molecule has 0 bridgehead atoms. The smallest absolute Gasteiger partial charge is 0.249 e. The Morgan fingerprint density at radius 3 is 2.70 bits per heavy atom. The molecule has 0 aliphatic heterocycles. The Morgan fingerprint density at radius 1 is 1.20 bits per heavy atom. The first-order valence-corrected chi connectivity index (χ1v) is 6.74. The molecular weight excluding hydrogens is 301 g/mol. The fourth-order valence-corrected chi connectivity index (χ4v) is 1.76. The first kappa shape index (κ1) is 14.7. The van der Waals surface area contributed by atoms with Crippen LogP contribution in [0.15, 0.2) is 24.5 Å². The van der Waals surface area contributed by atoms with E-state index in [0.717, 1.165) is 6.42 Å². The van der Waals surface area contributed by atoms with Gasteiger partial charge in [-0.25, -0.2) is 0 Å². The van der Waals surface area contributed by atoms with Crippen molar-refractivity contribution >= 4 is 28.9 Å². The molecule has 1 aromatic carbocycles. The average molecular weight is 314 g/mol. The number of nitrogens with zero attached hydrogens (tertiary/aromatic N) is 2. The number of ether oxygens (including phenoxy) is 2. The van der Waals surface area contributed by atoms with Crippen molar-refractivity contribution in [3.63, 3.8) is 0 Å². The van der Waals surface area contributed by atoms with E-state index in [1.807, 2.05) is 6.92 Å². The summed E-state index contributed by atoms with van der Waals surface area (Å²) >= 11 is 12.0. The molecule has 0 aliphatic carbocycles. The fraction of sp³-hybridized carbons (Fsp3) is 0.231. The largest absolute Gasteiger partial charge is 0.476 e. The zero-order valence-electron chi connectivity index (χ0n) is 10.8. The van der Waals surface area contributed by atoms with Crippen molar-refractivity contribution in [1.29, 1.82) is 0 Å². The van der Waals surface area contributed by atoms with Crippen LogP contribution in [0.1, 0.15) is 13.3 Å². The van der Waals surface area contributed by atoms with E-state index in [-0.39, 0.29) is 17.4 Å². The van der Waals surface area contributed by atoms with Crippen molar-refractivity contribution in [3.05, 3.63) is 34.6 Å². The third-order valence-corrected chi connectivity index (χ3v) is 3.18. The monoisotopic (exact) mass is 313 g/mol. The molecule has 0 saturated heterocycles. The topological polar surface area (TPSA) is 70.3 Å². The second-order valence-corrected chi connectivity index (χ2v) is 4.69. The number of halogens is 2. The number of hydrogen-bond acceptors (Lipinski definition) is 5. The van der Waals surface area contributed by atoms with Crippen LogP contribution < -0.4 is 15.2 Å². The van der Waals surface area contributed by atoms with E-state index in [9.17, 15) is 0 Å². The van der Waals surface area contributed by atoms with Gasteiger partial charge in [0.2, 0.25) is 11.8 Å². The fourth-order valence-electron chi connectivity index (χ4n) is 1.43. The van der Waals surface area contributed by atoms with Gasteiger partial charge in [0.1, 0.15) is 17.1 Å². The summed E-state index contributed by atoms with van der Waals surface area (Å²) in [5.74, 6) is 0.830.